The van der Waals surface area contributed by atoms with Crippen molar-refractivity contribution >= 4 is 65.9 Å². The Hall–Kier alpha value is -1.91. The third-order valence-corrected chi connectivity index (χ3v) is 4.88. The fourth-order valence-electron chi connectivity index (χ4n) is 2.06. The van der Waals surface area contributed by atoms with Crippen LogP contribution < -0.4 is 14.9 Å². The van der Waals surface area contributed by atoms with Crippen LogP contribution in [0, 0.1) is 6.92 Å². The van der Waals surface area contributed by atoms with Crippen LogP contribution in [0.1, 0.15) is 11.1 Å². The number of hydrogen-bond donors (Lipinski definition) is 2. The van der Waals surface area contributed by atoms with Crippen molar-refractivity contribution in [1.82, 2.24) is 5.43 Å². The minimum Gasteiger partial charge on any atom is -0.481 e. The lowest BCUT2D eigenvalue weighted by molar-refractivity contribution is -0.139. The summed E-state index contributed by atoms with van der Waals surface area (Å²) in [5.41, 5.74) is 3.89. The van der Waals surface area contributed by atoms with Gasteiger partial charge in [-0.2, -0.15) is 5.10 Å². The zero-order valence-corrected chi connectivity index (χ0v) is 19.3. The summed E-state index contributed by atoms with van der Waals surface area (Å²) in [5.74, 6) is -0.711. The zero-order chi connectivity index (χ0) is 20.7. The summed E-state index contributed by atoms with van der Waals surface area (Å²) in [6.45, 7) is 1.22. The minimum absolute atomic E-state index is 0.238. The molecule has 2 aromatic rings. The van der Waals surface area contributed by atoms with Crippen LogP contribution in [0.2, 0.25) is 0 Å². The molecule has 7 nitrogen and oxygen atoms in total. The van der Waals surface area contributed by atoms with E-state index in [9.17, 15) is 9.59 Å². The number of nitrogens with zero attached hydrogens (tertiary/aromatic N) is 1. The number of carboxylic acid groups (broad SMARTS) is 1. The van der Waals surface area contributed by atoms with Crippen LogP contribution in [0.3, 0.4) is 0 Å². The Labute approximate surface area is 186 Å². The van der Waals surface area contributed by atoms with Crippen LogP contribution in [0.25, 0.3) is 0 Å². The van der Waals surface area contributed by atoms with E-state index < -0.39 is 18.5 Å². The molecule has 0 aliphatic rings. The van der Waals surface area contributed by atoms with Gasteiger partial charge in [0.2, 0.25) is 0 Å². The fourth-order valence-corrected chi connectivity index (χ4v) is 4.08. The summed E-state index contributed by atoms with van der Waals surface area (Å²) in [5, 5.41) is 12.6. The Morgan fingerprint density at radius 3 is 2.43 bits per heavy atom. The maximum Gasteiger partial charge on any atom is 0.341 e. The molecule has 2 aromatic carbocycles. The molecule has 0 aliphatic carbocycles. The summed E-state index contributed by atoms with van der Waals surface area (Å²) in [4.78, 5) is 22.6. The predicted octanol–water partition coefficient (Wildman–Crippen LogP) is 4.28. The minimum atomic E-state index is -1.09. The van der Waals surface area contributed by atoms with Gasteiger partial charge in [0.15, 0.2) is 13.2 Å². The Kier molecular flexibility index (Phi) is 8.46. The Morgan fingerprint density at radius 1 is 1.11 bits per heavy atom. The lowest BCUT2D eigenvalue weighted by Crippen LogP contribution is -2.24. The van der Waals surface area contributed by atoms with Gasteiger partial charge in [-0.15, -0.1) is 0 Å². The first-order valence-electron chi connectivity index (χ1n) is 7.80. The van der Waals surface area contributed by atoms with Crippen molar-refractivity contribution in [3.05, 3.63) is 54.9 Å². The molecule has 0 atom stereocenters. The second-order valence-electron chi connectivity index (χ2n) is 5.50. The first-order chi connectivity index (χ1) is 13.3. The molecule has 1 amide bonds. The molecule has 2 N–H and O–H groups in total. The van der Waals surface area contributed by atoms with Gasteiger partial charge in [0, 0.05) is 10.0 Å². The van der Waals surface area contributed by atoms with Gasteiger partial charge >= 0.3 is 5.97 Å². The smallest absolute Gasteiger partial charge is 0.341 e. The van der Waals surface area contributed by atoms with Crippen LogP contribution in [-0.4, -0.2) is 36.4 Å². The van der Waals surface area contributed by atoms with E-state index >= 15 is 0 Å². The summed E-state index contributed by atoms with van der Waals surface area (Å²) in [6.07, 6.45) is 1.36. The number of carboxylic acids is 1. The number of hydrazone groups is 1. The highest BCUT2D eigenvalue weighted by atomic mass is 79.9. The molecular weight excluding hydrogens is 564 g/mol. The van der Waals surface area contributed by atoms with Crippen LogP contribution in [0.5, 0.6) is 11.5 Å². The molecule has 2 rings (SSSR count). The third kappa shape index (κ3) is 6.92. The van der Waals surface area contributed by atoms with Gasteiger partial charge in [0.1, 0.15) is 11.5 Å². The van der Waals surface area contributed by atoms with Crippen LogP contribution >= 0.6 is 47.8 Å². The topological polar surface area (TPSA) is 97.2 Å². The average molecular weight is 579 g/mol. The standard InChI is InChI=1S/C18H15Br3N2O5/c1-10-4-13(20)18(14(21)5-10)28-8-16(24)23-22-7-11-6-12(19)2-3-15(11)27-9-17(25)26/h2-7H,8-9H2,1H3,(H,23,24)(H,25,26)/b22-7-. The maximum absolute atomic E-state index is 12.0. The van der Waals surface area contributed by atoms with Gasteiger partial charge in [-0.05, 0) is 74.7 Å². The highest BCUT2D eigenvalue weighted by Gasteiger charge is 2.10. The van der Waals surface area contributed by atoms with E-state index in [0.717, 1.165) is 19.0 Å². The first-order valence-corrected chi connectivity index (χ1v) is 10.2. The number of halogens is 3. The molecule has 10 heteroatoms. The largest absolute Gasteiger partial charge is 0.481 e. The zero-order valence-electron chi connectivity index (χ0n) is 14.5. The Balaban J connectivity index is 1.96. The van der Waals surface area contributed by atoms with Crippen molar-refractivity contribution in [2.75, 3.05) is 13.2 Å². The Morgan fingerprint density at radius 2 is 1.79 bits per heavy atom. The highest BCUT2D eigenvalue weighted by molar-refractivity contribution is 9.11. The molecule has 0 saturated carbocycles. The van der Waals surface area contributed by atoms with Crippen molar-refractivity contribution < 1.29 is 24.2 Å². The SMILES string of the molecule is Cc1cc(Br)c(OCC(=O)N/N=C\c2cc(Br)ccc2OCC(=O)O)c(Br)c1. The van der Waals surface area contributed by atoms with Crippen molar-refractivity contribution in [3.8, 4) is 11.5 Å². The lowest BCUT2D eigenvalue weighted by atomic mass is 10.2. The number of rotatable bonds is 8. The second kappa shape index (κ2) is 10.6. The molecule has 148 valence electrons. The fraction of sp³-hybridized carbons (Fsp3) is 0.167. The number of carbonyl (C=O) groups excluding carboxylic acids is 1. The van der Waals surface area contributed by atoms with Gasteiger partial charge in [-0.3, -0.25) is 4.79 Å². The van der Waals surface area contributed by atoms with Gasteiger partial charge in [0.25, 0.3) is 5.91 Å². The molecule has 0 bridgehead atoms. The van der Waals surface area contributed by atoms with E-state index in [1.807, 2.05) is 19.1 Å². The quantitative estimate of drug-likeness (QED) is 0.360. The molecule has 0 aliphatic heterocycles. The average Bonchev–Trinajstić information content (AvgIpc) is 2.60. The van der Waals surface area contributed by atoms with E-state index in [2.05, 4.69) is 58.3 Å². The number of nitrogens with one attached hydrogen (secondary N) is 1. The Bertz CT molecular complexity index is 895. The number of hydrogen-bond acceptors (Lipinski definition) is 5. The molecule has 28 heavy (non-hydrogen) atoms. The van der Waals surface area contributed by atoms with E-state index in [1.165, 1.54) is 6.21 Å². The molecule has 0 unspecified atom stereocenters. The predicted molar refractivity (Wildman–Crippen MR) is 115 cm³/mol. The normalized spacial score (nSPS) is 10.7. The molecule has 0 aromatic heterocycles. The van der Waals surface area contributed by atoms with Gasteiger partial charge in [0.05, 0.1) is 15.2 Å². The molecule has 0 spiro atoms. The van der Waals surface area contributed by atoms with Crippen LogP contribution in [-0.2, 0) is 9.59 Å². The number of carbonyl (C=O) groups is 2. The number of amides is 1. The molecular formula is C18H15Br3N2O5. The van der Waals surface area contributed by atoms with Crippen molar-refractivity contribution in [1.29, 1.82) is 0 Å². The number of benzene rings is 2. The maximum atomic E-state index is 12.0. The summed E-state index contributed by atoms with van der Waals surface area (Å²) in [6, 6.07) is 8.75. The van der Waals surface area contributed by atoms with E-state index in [0.29, 0.717) is 17.1 Å². The second-order valence-corrected chi connectivity index (χ2v) is 8.13. The monoisotopic (exact) mass is 576 g/mol. The number of aryl methyl sites for hydroxylation is 1. The van der Waals surface area contributed by atoms with Crippen molar-refractivity contribution in [2.45, 2.75) is 6.92 Å². The van der Waals surface area contributed by atoms with E-state index in [1.54, 1.807) is 18.2 Å². The molecule has 0 heterocycles. The van der Waals surface area contributed by atoms with E-state index in [-0.39, 0.29) is 6.61 Å². The van der Waals surface area contributed by atoms with Crippen LogP contribution in [0.15, 0.2) is 48.9 Å². The van der Waals surface area contributed by atoms with Crippen LogP contribution in [0.4, 0.5) is 0 Å². The third-order valence-electron chi connectivity index (χ3n) is 3.21. The molecule has 0 fully saturated rings. The number of aliphatic carboxylic acids is 1. The molecule has 0 saturated heterocycles. The van der Waals surface area contributed by atoms with Crippen molar-refractivity contribution in [2.24, 2.45) is 5.10 Å². The summed E-state index contributed by atoms with van der Waals surface area (Å²) >= 11 is 10.1. The van der Waals surface area contributed by atoms with Gasteiger partial charge in [-0.25, -0.2) is 10.2 Å². The first kappa shape index (κ1) is 22.4. The van der Waals surface area contributed by atoms with Gasteiger partial charge in [-0.1, -0.05) is 15.9 Å². The van der Waals surface area contributed by atoms with Crippen molar-refractivity contribution in [3.63, 3.8) is 0 Å². The molecule has 0 radical (unpaired) electrons. The highest BCUT2D eigenvalue weighted by Crippen LogP contribution is 2.34. The summed E-state index contributed by atoms with van der Waals surface area (Å²) in [7, 11) is 0. The number of ether oxygens (including phenoxy) is 2. The van der Waals surface area contributed by atoms with E-state index in [4.69, 9.17) is 14.6 Å². The lowest BCUT2D eigenvalue weighted by Gasteiger charge is -2.10. The summed E-state index contributed by atoms with van der Waals surface area (Å²) < 4.78 is 12.9. The van der Waals surface area contributed by atoms with Gasteiger partial charge < -0.3 is 14.6 Å².